The first kappa shape index (κ1) is 14.9. The zero-order valence-electron chi connectivity index (χ0n) is 10.5. The SMILES string of the molecule is NC(Cc1cc(F)ccc1F)Cc1ccc(F)cc1Cl. The van der Waals surface area contributed by atoms with E-state index in [0.717, 1.165) is 18.2 Å². The molecule has 0 fully saturated rings. The molecule has 0 aliphatic rings. The van der Waals surface area contributed by atoms with E-state index in [1.54, 1.807) is 6.07 Å². The van der Waals surface area contributed by atoms with Crippen LogP contribution in [-0.4, -0.2) is 6.04 Å². The number of nitrogens with two attached hydrogens (primary N) is 1. The normalized spacial score (nSPS) is 12.4. The summed E-state index contributed by atoms with van der Waals surface area (Å²) < 4.78 is 39.5. The second kappa shape index (κ2) is 6.29. The Bertz CT molecular complexity index is 616. The Kier molecular flexibility index (Phi) is 4.68. The summed E-state index contributed by atoms with van der Waals surface area (Å²) in [5.41, 5.74) is 6.82. The summed E-state index contributed by atoms with van der Waals surface area (Å²) in [5.74, 6) is -1.43. The third-order valence-electron chi connectivity index (χ3n) is 2.99. The van der Waals surface area contributed by atoms with Gasteiger partial charge in [-0.25, -0.2) is 13.2 Å². The first-order valence-electron chi connectivity index (χ1n) is 6.09. The minimum Gasteiger partial charge on any atom is -0.327 e. The van der Waals surface area contributed by atoms with E-state index >= 15 is 0 Å². The number of halogens is 4. The topological polar surface area (TPSA) is 26.0 Å². The highest BCUT2D eigenvalue weighted by molar-refractivity contribution is 6.31. The molecular formula is C15H13ClF3N. The van der Waals surface area contributed by atoms with Crippen molar-refractivity contribution >= 4 is 11.6 Å². The molecule has 2 N–H and O–H groups in total. The molecule has 0 saturated heterocycles. The van der Waals surface area contributed by atoms with E-state index in [1.807, 2.05) is 0 Å². The minimum atomic E-state index is -0.506. The van der Waals surface area contributed by atoms with Crippen LogP contribution < -0.4 is 5.73 Å². The van der Waals surface area contributed by atoms with Crippen molar-refractivity contribution < 1.29 is 13.2 Å². The molecule has 0 aliphatic heterocycles. The Hall–Kier alpha value is -1.52. The van der Waals surface area contributed by atoms with E-state index in [0.29, 0.717) is 12.0 Å². The van der Waals surface area contributed by atoms with Crippen LogP contribution in [0.25, 0.3) is 0 Å². The van der Waals surface area contributed by atoms with Gasteiger partial charge in [0, 0.05) is 11.1 Å². The monoisotopic (exact) mass is 299 g/mol. The average molecular weight is 300 g/mol. The minimum absolute atomic E-state index is 0.178. The third kappa shape index (κ3) is 3.74. The quantitative estimate of drug-likeness (QED) is 0.911. The molecule has 0 amide bonds. The number of hydrogen-bond acceptors (Lipinski definition) is 1. The summed E-state index contributed by atoms with van der Waals surface area (Å²) in [7, 11) is 0. The Morgan fingerprint density at radius 2 is 1.50 bits per heavy atom. The third-order valence-corrected chi connectivity index (χ3v) is 3.34. The van der Waals surface area contributed by atoms with Gasteiger partial charge in [-0.15, -0.1) is 0 Å². The van der Waals surface area contributed by atoms with Crippen molar-refractivity contribution in [2.75, 3.05) is 0 Å². The van der Waals surface area contributed by atoms with E-state index in [9.17, 15) is 13.2 Å². The molecule has 5 heteroatoms. The van der Waals surface area contributed by atoms with Crippen molar-refractivity contribution in [2.24, 2.45) is 5.73 Å². The molecule has 1 nitrogen and oxygen atoms in total. The van der Waals surface area contributed by atoms with Crippen molar-refractivity contribution in [3.63, 3.8) is 0 Å². The Balaban J connectivity index is 2.08. The molecular weight excluding hydrogens is 287 g/mol. The van der Waals surface area contributed by atoms with E-state index in [2.05, 4.69) is 0 Å². The summed E-state index contributed by atoms with van der Waals surface area (Å²) in [5, 5.41) is 0.278. The van der Waals surface area contributed by atoms with Crippen LogP contribution in [0.15, 0.2) is 36.4 Å². The standard InChI is InChI=1S/C15H13ClF3N/c16-14-8-12(18)2-1-9(14)6-13(20)7-10-5-11(17)3-4-15(10)19/h1-5,8,13H,6-7,20H2. The molecule has 0 aliphatic carbocycles. The van der Waals surface area contributed by atoms with Gasteiger partial charge >= 0.3 is 0 Å². The smallest absolute Gasteiger partial charge is 0.126 e. The zero-order valence-corrected chi connectivity index (χ0v) is 11.3. The van der Waals surface area contributed by atoms with E-state index in [4.69, 9.17) is 17.3 Å². The Morgan fingerprint density at radius 1 is 0.900 bits per heavy atom. The molecule has 0 aromatic heterocycles. The summed E-state index contributed by atoms with van der Waals surface area (Å²) in [4.78, 5) is 0. The van der Waals surface area contributed by atoms with E-state index in [1.165, 1.54) is 12.1 Å². The molecule has 0 heterocycles. The summed E-state index contributed by atoms with van der Waals surface area (Å²) in [6.45, 7) is 0. The fourth-order valence-corrected chi connectivity index (χ4v) is 2.27. The van der Waals surface area contributed by atoms with Gasteiger partial charge in [0.1, 0.15) is 17.5 Å². The predicted molar refractivity (Wildman–Crippen MR) is 73.2 cm³/mol. The fourth-order valence-electron chi connectivity index (χ4n) is 2.02. The molecule has 0 radical (unpaired) electrons. The van der Waals surface area contributed by atoms with E-state index in [-0.39, 0.29) is 17.0 Å². The van der Waals surface area contributed by atoms with Gasteiger partial charge in [-0.05, 0) is 54.3 Å². The molecule has 20 heavy (non-hydrogen) atoms. The maximum atomic E-state index is 13.5. The van der Waals surface area contributed by atoms with Gasteiger partial charge in [0.05, 0.1) is 0 Å². The van der Waals surface area contributed by atoms with Crippen molar-refractivity contribution in [1.82, 2.24) is 0 Å². The first-order valence-corrected chi connectivity index (χ1v) is 6.47. The first-order chi connectivity index (χ1) is 9.45. The van der Waals surface area contributed by atoms with Gasteiger partial charge in [-0.3, -0.25) is 0 Å². The van der Waals surface area contributed by atoms with Gasteiger partial charge in [-0.1, -0.05) is 17.7 Å². The van der Waals surface area contributed by atoms with Gasteiger partial charge < -0.3 is 5.73 Å². The second-order valence-corrected chi connectivity index (χ2v) is 5.05. The van der Waals surface area contributed by atoms with Crippen LogP contribution in [0.3, 0.4) is 0 Å². The molecule has 2 aromatic carbocycles. The van der Waals surface area contributed by atoms with Crippen molar-refractivity contribution in [3.8, 4) is 0 Å². The Morgan fingerprint density at radius 3 is 2.20 bits per heavy atom. The molecule has 2 rings (SSSR count). The number of hydrogen-bond donors (Lipinski definition) is 1. The molecule has 1 unspecified atom stereocenters. The van der Waals surface area contributed by atoms with E-state index < -0.39 is 23.5 Å². The highest BCUT2D eigenvalue weighted by atomic mass is 35.5. The van der Waals surface area contributed by atoms with Crippen molar-refractivity contribution in [3.05, 3.63) is 70.0 Å². The lowest BCUT2D eigenvalue weighted by atomic mass is 9.99. The maximum absolute atomic E-state index is 13.5. The highest BCUT2D eigenvalue weighted by Crippen LogP contribution is 2.20. The predicted octanol–water partition coefficient (Wildman–Crippen LogP) is 3.87. The fraction of sp³-hybridized carbons (Fsp3) is 0.200. The number of rotatable bonds is 4. The lowest BCUT2D eigenvalue weighted by Crippen LogP contribution is -2.26. The molecule has 2 aromatic rings. The van der Waals surface area contributed by atoms with Crippen LogP contribution in [-0.2, 0) is 12.8 Å². The van der Waals surface area contributed by atoms with Crippen LogP contribution in [0, 0.1) is 17.5 Å². The van der Waals surface area contributed by atoms with Gasteiger partial charge in [0.25, 0.3) is 0 Å². The van der Waals surface area contributed by atoms with Gasteiger partial charge in [0.2, 0.25) is 0 Å². The van der Waals surface area contributed by atoms with Gasteiger partial charge in [-0.2, -0.15) is 0 Å². The maximum Gasteiger partial charge on any atom is 0.126 e. The Labute approximate surface area is 120 Å². The lowest BCUT2D eigenvalue weighted by Gasteiger charge is -2.13. The van der Waals surface area contributed by atoms with Crippen LogP contribution in [0.1, 0.15) is 11.1 Å². The largest absolute Gasteiger partial charge is 0.327 e. The molecule has 106 valence electrons. The zero-order chi connectivity index (χ0) is 14.7. The number of benzene rings is 2. The second-order valence-electron chi connectivity index (χ2n) is 4.64. The molecule has 0 saturated carbocycles. The van der Waals surface area contributed by atoms with Crippen LogP contribution >= 0.6 is 11.6 Å². The average Bonchev–Trinajstić information content (AvgIpc) is 2.37. The van der Waals surface area contributed by atoms with Gasteiger partial charge in [0.15, 0.2) is 0 Å². The summed E-state index contributed by atoms with van der Waals surface area (Å²) >= 11 is 5.90. The lowest BCUT2D eigenvalue weighted by molar-refractivity contribution is 0.566. The van der Waals surface area contributed by atoms with Crippen LogP contribution in [0.4, 0.5) is 13.2 Å². The summed E-state index contributed by atoms with van der Waals surface area (Å²) in [6, 6.07) is 6.85. The van der Waals surface area contributed by atoms with Crippen LogP contribution in [0.2, 0.25) is 5.02 Å². The van der Waals surface area contributed by atoms with Crippen LogP contribution in [0.5, 0.6) is 0 Å². The van der Waals surface area contributed by atoms with Crippen molar-refractivity contribution in [2.45, 2.75) is 18.9 Å². The molecule has 0 bridgehead atoms. The van der Waals surface area contributed by atoms with Crippen molar-refractivity contribution in [1.29, 1.82) is 0 Å². The highest BCUT2D eigenvalue weighted by Gasteiger charge is 2.12. The summed E-state index contributed by atoms with van der Waals surface area (Å²) in [6.07, 6.45) is 0.534. The molecule has 1 atom stereocenters. The molecule has 0 spiro atoms.